The Kier molecular flexibility index (Phi) is 6.47. The van der Waals surface area contributed by atoms with Crippen molar-refractivity contribution in [1.82, 2.24) is 15.1 Å². The zero-order chi connectivity index (χ0) is 12.7. The van der Waals surface area contributed by atoms with Crippen molar-refractivity contribution < 1.29 is 9.53 Å². The zero-order valence-corrected chi connectivity index (χ0v) is 11.2. The van der Waals surface area contributed by atoms with Crippen LogP contribution in [0.25, 0.3) is 0 Å². The summed E-state index contributed by atoms with van der Waals surface area (Å²) in [7, 11) is 5.40. The molecule has 1 aliphatic rings. The normalized spacial score (nSPS) is 20.9. The van der Waals surface area contributed by atoms with Crippen molar-refractivity contribution in [1.29, 1.82) is 0 Å². The molecule has 0 aliphatic carbocycles. The Morgan fingerprint density at radius 1 is 1.35 bits per heavy atom. The summed E-state index contributed by atoms with van der Waals surface area (Å²) in [6, 6.07) is -0.180. The number of methoxy groups -OCH3 is 1. The van der Waals surface area contributed by atoms with Crippen molar-refractivity contribution in [2.75, 3.05) is 53.9 Å². The Balaban J connectivity index is 2.30. The van der Waals surface area contributed by atoms with Crippen molar-refractivity contribution in [2.45, 2.75) is 18.9 Å². The lowest BCUT2D eigenvalue weighted by atomic mass is 10.2. The highest BCUT2D eigenvalue weighted by Crippen LogP contribution is 2.04. The van der Waals surface area contributed by atoms with Crippen molar-refractivity contribution in [3.63, 3.8) is 0 Å². The number of hydrogen-bond donors (Lipinski definition) is 1. The predicted molar refractivity (Wildman–Crippen MR) is 68.0 cm³/mol. The van der Waals surface area contributed by atoms with E-state index in [1.165, 1.54) is 20.1 Å². The number of rotatable bonds is 5. The lowest BCUT2D eigenvalue weighted by Gasteiger charge is -2.22. The van der Waals surface area contributed by atoms with Gasteiger partial charge in [0.05, 0.1) is 7.11 Å². The van der Waals surface area contributed by atoms with E-state index in [1.807, 2.05) is 0 Å². The minimum absolute atomic E-state index is 0.167. The van der Waals surface area contributed by atoms with E-state index in [0.717, 1.165) is 32.6 Å². The average Bonchev–Trinajstić information content (AvgIpc) is 2.54. The fraction of sp³-hybridized carbons (Fsp3) is 0.917. The van der Waals surface area contributed by atoms with Gasteiger partial charge in [0.1, 0.15) is 6.04 Å². The van der Waals surface area contributed by atoms with Crippen LogP contribution in [0.5, 0.6) is 0 Å². The largest absolute Gasteiger partial charge is 0.468 e. The minimum Gasteiger partial charge on any atom is -0.468 e. The van der Waals surface area contributed by atoms with Gasteiger partial charge < -0.3 is 19.9 Å². The van der Waals surface area contributed by atoms with Crippen LogP contribution in [0.4, 0.5) is 0 Å². The molecule has 1 saturated heterocycles. The summed E-state index contributed by atoms with van der Waals surface area (Å²) >= 11 is 0. The Morgan fingerprint density at radius 2 is 2.12 bits per heavy atom. The highest BCUT2D eigenvalue weighted by Gasteiger charge is 2.19. The molecular weight excluding hydrogens is 218 g/mol. The van der Waals surface area contributed by atoms with Crippen LogP contribution in [0.2, 0.25) is 0 Å². The molecule has 1 aliphatic heterocycles. The first-order chi connectivity index (χ1) is 8.17. The average molecular weight is 243 g/mol. The smallest absolute Gasteiger partial charge is 0.322 e. The van der Waals surface area contributed by atoms with E-state index in [1.54, 1.807) is 7.05 Å². The fourth-order valence-corrected chi connectivity index (χ4v) is 2.16. The molecular formula is C12H25N3O2. The number of carbonyl (C=O) groups is 1. The molecule has 0 aromatic carbocycles. The Labute approximate surface area is 104 Å². The second-order valence-corrected chi connectivity index (χ2v) is 4.65. The number of ether oxygens (including phenoxy) is 1. The summed E-state index contributed by atoms with van der Waals surface area (Å²) in [6.07, 6.45) is 2.02. The van der Waals surface area contributed by atoms with Gasteiger partial charge in [-0.1, -0.05) is 0 Å². The Bertz CT molecular complexity index is 236. The van der Waals surface area contributed by atoms with Crippen LogP contribution in [-0.2, 0) is 9.53 Å². The van der Waals surface area contributed by atoms with E-state index in [-0.39, 0.29) is 12.0 Å². The lowest BCUT2D eigenvalue weighted by molar-refractivity contribution is -0.143. The van der Waals surface area contributed by atoms with Crippen LogP contribution in [0, 0.1) is 0 Å². The molecule has 5 nitrogen and oxygen atoms in total. The topological polar surface area (TPSA) is 44.8 Å². The molecule has 1 rings (SSSR count). The molecule has 1 unspecified atom stereocenters. The third-order valence-electron chi connectivity index (χ3n) is 3.38. The molecule has 0 bridgehead atoms. The number of nitrogens with zero attached hydrogens (tertiary/aromatic N) is 2. The molecule has 0 spiro atoms. The molecule has 0 saturated carbocycles. The van der Waals surface area contributed by atoms with Gasteiger partial charge in [-0.25, -0.2) is 0 Å². The Hall–Kier alpha value is -0.650. The van der Waals surface area contributed by atoms with Gasteiger partial charge in [0.25, 0.3) is 0 Å². The second-order valence-electron chi connectivity index (χ2n) is 4.65. The van der Waals surface area contributed by atoms with Gasteiger partial charge in [-0.2, -0.15) is 0 Å². The third kappa shape index (κ3) is 5.02. The molecule has 1 fully saturated rings. The summed E-state index contributed by atoms with van der Waals surface area (Å²) in [5, 5.41) is 3.01. The molecule has 0 amide bonds. The van der Waals surface area contributed by atoms with Crippen LogP contribution in [-0.4, -0.2) is 75.7 Å². The van der Waals surface area contributed by atoms with Gasteiger partial charge in [0.15, 0.2) is 0 Å². The van der Waals surface area contributed by atoms with Gasteiger partial charge in [-0.3, -0.25) is 4.79 Å². The molecule has 5 heteroatoms. The maximum atomic E-state index is 11.4. The number of nitrogens with one attached hydrogen (secondary N) is 1. The predicted octanol–water partition coefficient (Wildman–Crippen LogP) is -0.225. The molecule has 17 heavy (non-hydrogen) atoms. The molecule has 1 atom stereocenters. The first-order valence-electron chi connectivity index (χ1n) is 6.33. The van der Waals surface area contributed by atoms with E-state index in [9.17, 15) is 4.79 Å². The Morgan fingerprint density at radius 3 is 2.76 bits per heavy atom. The summed E-state index contributed by atoms with van der Waals surface area (Å²) in [5.74, 6) is -0.167. The van der Waals surface area contributed by atoms with Crippen LogP contribution in [0.15, 0.2) is 0 Å². The van der Waals surface area contributed by atoms with Crippen LogP contribution < -0.4 is 5.32 Å². The monoisotopic (exact) mass is 243 g/mol. The van der Waals surface area contributed by atoms with Crippen LogP contribution >= 0.6 is 0 Å². The van der Waals surface area contributed by atoms with E-state index in [0.29, 0.717) is 0 Å². The lowest BCUT2D eigenvalue weighted by Crippen LogP contribution is -2.39. The van der Waals surface area contributed by atoms with E-state index in [4.69, 9.17) is 4.74 Å². The third-order valence-corrected chi connectivity index (χ3v) is 3.38. The number of esters is 1. The maximum absolute atomic E-state index is 11.4. The molecule has 1 heterocycles. The van der Waals surface area contributed by atoms with Crippen molar-refractivity contribution in [3.05, 3.63) is 0 Å². The maximum Gasteiger partial charge on any atom is 0.322 e. The van der Waals surface area contributed by atoms with Crippen molar-refractivity contribution >= 4 is 5.97 Å². The van der Waals surface area contributed by atoms with Gasteiger partial charge in [-0.15, -0.1) is 0 Å². The van der Waals surface area contributed by atoms with Crippen molar-refractivity contribution in [3.8, 4) is 0 Å². The first-order valence-corrected chi connectivity index (χ1v) is 6.33. The van der Waals surface area contributed by atoms with Gasteiger partial charge in [0.2, 0.25) is 0 Å². The highest BCUT2D eigenvalue weighted by atomic mass is 16.5. The summed E-state index contributed by atoms with van der Waals surface area (Å²) in [6.45, 7) is 5.45. The van der Waals surface area contributed by atoms with E-state index < -0.39 is 0 Å². The van der Waals surface area contributed by atoms with E-state index >= 15 is 0 Å². The van der Waals surface area contributed by atoms with Gasteiger partial charge >= 0.3 is 5.97 Å². The number of hydrogen-bond acceptors (Lipinski definition) is 5. The van der Waals surface area contributed by atoms with Crippen molar-refractivity contribution in [2.24, 2.45) is 0 Å². The number of likely N-dealkylation sites (N-methyl/N-ethyl adjacent to an activating group) is 2. The van der Waals surface area contributed by atoms with Crippen LogP contribution in [0.3, 0.4) is 0 Å². The number of carbonyl (C=O) groups excluding carboxylic acids is 1. The molecule has 0 radical (unpaired) electrons. The molecule has 0 aromatic heterocycles. The fourth-order valence-electron chi connectivity index (χ4n) is 2.16. The quantitative estimate of drug-likeness (QED) is 0.676. The zero-order valence-electron chi connectivity index (χ0n) is 11.2. The summed E-state index contributed by atoms with van der Waals surface area (Å²) in [5.41, 5.74) is 0. The van der Waals surface area contributed by atoms with Gasteiger partial charge in [0, 0.05) is 19.6 Å². The molecule has 100 valence electrons. The van der Waals surface area contributed by atoms with Gasteiger partial charge in [-0.05, 0) is 40.0 Å². The standard InChI is InChI=1S/C12H25N3O2/c1-13-11(12(16)17-3)5-8-15-7-4-6-14(2)9-10-15/h11,13H,4-10H2,1-3H3. The summed E-state index contributed by atoms with van der Waals surface area (Å²) < 4.78 is 4.76. The van der Waals surface area contributed by atoms with E-state index in [2.05, 4.69) is 22.2 Å². The summed E-state index contributed by atoms with van der Waals surface area (Å²) in [4.78, 5) is 16.2. The van der Waals surface area contributed by atoms with Crippen LogP contribution in [0.1, 0.15) is 12.8 Å². The highest BCUT2D eigenvalue weighted by molar-refractivity contribution is 5.75. The SMILES string of the molecule is CNC(CCN1CCCN(C)CC1)C(=O)OC. The molecule has 0 aromatic rings. The molecule has 1 N–H and O–H groups in total. The minimum atomic E-state index is -0.180. The second kappa shape index (κ2) is 7.63. The first kappa shape index (κ1) is 14.4.